The van der Waals surface area contributed by atoms with Crippen LogP contribution >= 0.6 is 31.9 Å². The summed E-state index contributed by atoms with van der Waals surface area (Å²) in [6, 6.07) is 6.66. The SMILES string of the molecule is O=C(O)/C(=C/c1ccc(C(=O)Br)cc1)CBr. The lowest BCUT2D eigenvalue weighted by molar-refractivity contribution is -0.132. The van der Waals surface area contributed by atoms with Crippen LogP contribution in [0, 0.1) is 0 Å². The minimum absolute atomic E-state index is 0.193. The number of carbonyl (C=O) groups is 2. The monoisotopic (exact) mass is 346 g/mol. The first-order valence-corrected chi connectivity index (χ1v) is 6.25. The molecule has 0 bridgehead atoms. The molecule has 0 fully saturated rings. The van der Waals surface area contributed by atoms with Crippen LogP contribution in [-0.4, -0.2) is 21.1 Å². The average molecular weight is 348 g/mol. The Labute approximate surface area is 109 Å². The van der Waals surface area contributed by atoms with Crippen LogP contribution in [0.1, 0.15) is 15.9 Å². The van der Waals surface area contributed by atoms with Gasteiger partial charge in [-0.1, -0.05) is 28.1 Å². The zero-order valence-electron chi connectivity index (χ0n) is 8.11. The van der Waals surface area contributed by atoms with Crippen molar-refractivity contribution in [1.29, 1.82) is 0 Å². The van der Waals surface area contributed by atoms with E-state index in [-0.39, 0.29) is 15.6 Å². The number of rotatable bonds is 4. The highest BCUT2D eigenvalue weighted by atomic mass is 79.9. The second-order valence-electron chi connectivity index (χ2n) is 3.00. The molecule has 0 atom stereocenters. The number of benzene rings is 1. The molecule has 0 saturated carbocycles. The summed E-state index contributed by atoms with van der Waals surface area (Å²) in [5.74, 6) is -0.961. The third kappa shape index (κ3) is 3.57. The van der Waals surface area contributed by atoms with Crippen molar-refractivity contribution in [1.82, 2.24) is 0 Å². The number of alkyl halides is 1. The van der Waals surface area contributed by atoms with Crippen LogP contribution in [0.15, 0.2) is 29.8 Å². The predicted octanol–water partition coefficient (Wildman–Crippen LogP) is 3.08. The second-order valence-corrected chi connectivity index (χ2v) is 4.29. The molecule has 0 aliphatic rings. The van der Waals surface area contributed by atoms with E-state index in [1.165, 1.54) is 0 Å². The minimum Gasteiger partial charge on any atom is -0.478 e. The molecule has 0 saturated heterocycles. The Morgan fingerprint density at radius 2 is 1.81 bits per heavy atom. The number of carboxylic acid groups (broad SMARTS) is 1. The molecular weight excluding hydrogens is 340 g/mol. The molecule has 0 aliphatic heterocycles. The summed E-state index contributed by atoms with van der Waals surface area (Å²) < 4.78 is -0.193. The van der Waals surface area contributed by atoms with Crippen LogP contribution in [0.3, 0.4) is 0 Å². The number of aliphatic carboxylic acids is 1. The van der Waals surface area contributed by atoms with Gasteiger partial charge < -0.3 is 5.11 Å². The highest BCUT2D eigenvalue weighted by Gasteiger charge is 2.05. The van der Waals surface area contributed by atoms with Gasteiger partial charge in [0, 0.05) is 16.5 Å². The standard InChI is InChI=1S/C11H8Br2O3/c12-6-9(11(15)16)5-7-1-3-8(4-2-7)10(13)14/h1-5H,6H2,(H,15,16)/b9-5+. The van der Waals surface area contributed by atoms with Crippen LogP contribution in [-0.2, 0) is 4.79 Å². The lowest BCUT2D eigenvalue weighted by Crippen LogP contribution is -2.01. The van der Waals surface area contributed by atoms with E-state index in [0.717, 1.165) is 5.56 Å². The van der Waals surface area contributed by atoms with E-state index < -0.39 is 5.97 Å². The fourth-order valence-electron chi connectivity index (χ4n) is 1.07. The summed E-state index contributed by atoms with van der Waals surface area (Å²) in [6.07, 6.45) is 1.56. The van der Waals surface area contributed by atoms with Gasteiger partial charge in [0.1, 0.15) is 0 Å². The summed E-state index contributed by atoms with van der Waals surface area (Å²) >= 11 is 5.94. The van der Waals surface area contributed by atoms with E-state index in [1.54, 1.807) is 30.3 Å². The fourth-order valence-corrected chi connectivity index (χ4v) is 1.74. The molecule has 0 radical (unpaired) electrons. The molecule has 0 heterocycles. The quantitative estimate of drug-likeness (QED) is 0.517. The van der Waals surface area contributed by atoms with Gasteiger partial charge in [0.05, 0.1) is 0 Å². The number of carbonyl (C=O) groups excluding carboxylic acids is 1. The number of hydrogen-bond donors (Lipinski definition) is 1. The Morgan fingerprint density at radius 3 is 2.19 bits per heavy atom. The Hall–Kier alpha value is -0.940. The lowest BCUT2D eigenvalue weighted by atomic mass is 10.1. The number of hydrogen-bond acceptors (Lipinski definition) is 2. The summed E-state index contributed by atoms with van der Waals surface area (Å²) in [7, 11) is 0. The van der Waals surface area contributed by atoms with E-state index >= 15 is 0 Å². The third-order valence-electron chi connectivity index (χ3n) is 1.90. The van der Waals surface area contributed by atoms with E-state index in [0.29, 0.717) is 5.56 Å². The van der Waals surface area contributed by atoms with Crippen molar-refractivity contribution in [3.63, 3.8) is 0 Å². The zero-order valence-corrected chi connectivity index (χ0v) is 11.3. The first-order valence-electron chi connectivity index (χ1n) is 4.34. The molecule has 0 aliphatic carbocycles. The smallest absolute Gasteiger partial charge is 0.332 e. The molecule has 84 valence electrons. The molecule has 1 rings (SSSR count). The average Bonchev–Trinajstić information content (AvgIpc) is 2.26. The normalized spacial score (nSPS) is 11.2. The maximum atomic E-state index is 10.9. The van der Waals surface area contributed by atoms with Gasteiger partial charge in [0.15, 0.2) is 0 Å². The van der Waals surface area contributed by atoms with Crippen molar-refractivity contribution in [3.05, 3.63) is 41.0 Å². The molecule has 16 heavy (non-hydrogen) atoms. The van der Waals surface area contributed by atoms with Crippen LogP contribution in [0.5, 0.6) is 0 Å². The molecule has 1 aromatic rings. The van der Waals surface area contributed by atoms with Crippen LogP contribution < -0.4 is 0 Å². The predicted molar refractivity (Wildman–Crippen MR) is 69.1 cm³/mol. The Morgan fingerprint density at radius 1 is 1.25 bits per heavy atom. The molecule has 0 unspecified atom stereocenters. The third-order valence-corrected chi connectivity index (χ3v) is 2.96. The van der Waals surface area contributed by atoms with Gasteiger partial charge in [0.2, 0.25) is 4.69 Å². The molecule has 0 amide bonds. The molecule has 0 aromatic heterocycles. The summed E-state index contributed by atoms with van der Waals surface area (Å²) in [5.41, 5.74) is 1.54. The largest absolute Gasteiger partial charge is 0.478 e. The Balaban J connectivity index is 2.98. The molecule has 1 N–H and O–H groups in total. The van der Waals surface area contributed by atoms with Gasteiger partial charge in [-0.25, -0.2) is 4.79 Å². The molecule has 1 aromatic carbocycles. The van der Waals surface area contributed by atoms with E-state index in [1.807, 2.05) is 0 Å². The first kappa shape index (κ1) is 13.1. The van der Waals surface area contributed by atoms with Crippen molar-refractivity contribution < 1.29 is 14.7 Å². The van der Waals surface area contributed by atoms with Crippen molar-refractivity contribution in [2.24, 2.45) is 0 Å². The second kappa shape index (κ2) is 5.96. The molecule has 3 nitrogen and oxygen atoms in total. The Kier molecular flexibility index (Phi) is 4.89. The first-order chi connectivity index (χ1) is 7.54. The van der Waals surface area contributed by atoms with Crippen molar-refractivity contribution in [2.45, 2.75) is 0 Å². The fraction of sp³-hybridized carbons (Fsp3) is 0.0909. The summed E-state index contributed by atoms with van der Waals surface area (Å²) in [4.78, 5) is 21.7. The van der Waals surface area contributed by atoms with Gasteiger partial charge in [-0.15, -0.1) is 0 Å². The lowest BCUT2D eigenvalue weighted by Gasteiger charge is -1.99. The molecular formula is C11H8Br2O3. The van der Waals surface area contributed by atoms with Crippen molar-refractivity contribution in [2.75, 3.05) is 5.33 Å². The van der Waals surface area contributed by atoms with E-state index in [9.17, 15) is 9.59 Å². The maximum Gasteiger partial charge on any atom is 0.332 e. The molecule has 5 heteroatoms. The van der Waals surface area contributed by atoms with E-state index in [2.05, 4.69) is 31.9 Å². The van der Waals surface area contributed by atoms with Crippen molar-refractivity contribution >= 4 is 48.6 Å². The van der Waals surface area contributed by atoms with Crippen LogP contribution in [0.2, 0.25) is 0 Å². The Bertz CT molecular complexity index is 435. The van der Waals surface area contributed by atoms with Crippen molar-refractivity contribution in [3.8, 4) is 0 Å². The number of carboxylic acids is 1. The minimum atomic E-state index is -0.961. The number of halogens is 2. The topological polar surface area (TPSA) is 54.4 Å². The van der Waals surface area contributed by atoms with Gasteiger partial charge in [-0.3, -0.25) is 4.79 Å². The molecule has 0 spiro atoms. The maximum absolute atomic E-state index is 10.9. The van der Waals surface area contributed by atoms with Gasteiger partial charge >= 0.3 is 5.97 Å². The zero-order chi connectivity index (χ0) is 12.1. The highest BCUT2D eigenvalue weighted by molar-refractivity contribution is 9.18. The van der Waals surface area contributed by atoms with Crippen LogP contribution in [0.25, 0.3) is 6.08 Å². The van der Waals surface area contributed by atoms with E-state index in [4.69, 9.17) is 5.11 Å². The summed E-state index contributed by atoms with van der Waals surface area (Å²) in [6.45, 7) is 0. The highest BCUT2D eigenvalue weighted by Crippen LogP contribution is 2.12. The van der Waals surface area contributed by atoms with Gasteiger partial charge in [0.25, 0.3) is 0 Å². The van der Waals surface area contributed by atoms with Crippen LogP contribution in [0.4, 0.5) is 0 Å². The summed E-state index contributed by atoms with van der Waals surface area (Å²) in [5, 5.41) is 9.10. The van der Waals surface area contributed by atoms with Gasteiger partial charge in [-0.2, -0.15) is 0 Å². The van der Waals surface area contributed by atoms with Gasteiger partial charge in [-0.05, 0) is 39.7 Å².